The van der Waals surface area contributed by atoms with Crippen LogP contribution in [0.1, 0.15) is 30.3 Å². The van der Waals surface area contributed by atoms with Crippen molar-refractivity contribution in [3.8, 4) is 0 Å². The van der Waals surface area contributed by atoms with E-state index < -0.39 is 0 Å². The van der Waals surface area contributed by atoms with E-state index in [1.54, 1.807) is 11.8 Å². The third-order valence-electron chi connectivity index (χ3n) is 3.23. The summed E-state index contributed by atoms with van der Waals surface area (Å²) < 4.78 is 0. The number of thioether (sulfide) groups is 1. The zero-order valence-corrected chi connectivity index (χ0v) is 12.9. The van der Waals surface area contributed by atoms with Crippen LogP contribution in [-0.2, 0) is 12.2 Å². The van der Waals surface area contributed by atoms with Crippen molar-refractivity contribution in [1.29, 1.82) is 0 Å². The van der Waals surface area contributed by atoms with Crippen molar-refractivity contribution in [1.82, 2.24) is 9.97 Å². The molecule has 1 aromatic heterocycles. The molecule has 1 heterocycles. The van der Waals surface area contributed by atoms with E-state index in [2.05, 4.69) is 48.1 Å². The SMILES string of the molecule is CCC(N)Cc1cnc(CSc2ccccc2C)nc1. The molecule has 2 aromatic rings. The predicted octanol–water partition coefficient (Wildman–Crippen LogP) is 3.36. The van der Waals surface area contributed by atoms with Gasteiger partial charge in [-0.3, -0.25) is 0 Å². The molecule has 1 atom stereocenters. The van der Waals surface area contributed by atoms with E-state index >= 15 is 0 Å². The summed E-state index contributed by atoms with van der Waals surface area (Å²) >= 11 is 1.77. The monoisotopic (exact) mass is 287 g/mol. The molecule has 0 amide bonds. The van der Waals surface area contributed by atoms with Crippen molar-refractivity contribution in [2.75, 3.05) is 0 Å². The first kappa shape index (κ1) is 15.0. The van der Waals surface area contributed by atoms with Crippen LogP contribution < -0.4 is 5.73 Å². The number of benzene rings is 1. The van der Waals surface area contributed by atoms with Crippen LogP contribution in [0.5, 0.6) is 0 Å². The number of aromatic nitrogens is 2. The van der Waals surface area contributed by atoms with Gasteiger partial charge in [0.2, 0.25) is 0 Å². The largest absolute Gasteiger partial charge is 0.327 e. The van der Waals surface area contributed by atoms with E-state index in [1.165, 1.54) is 10.5 Å². The summed E-state index contributed by atoms with van der Waals surface area (Å²) in [4.78, 5) is 10.1. The van der Waals surface area contributed by atoms with Crippen LogP contribution in [0.4, 0.5) is 0 Å². The Balaban J connectivity index is 1.92. The average Bonchev–Trinajstić information content (AvgIpc) is 2.48. The van der Waals surface area contributed by atoms with Crippen LogP contribution in [0.3, 0.4) is 0 Å². The van der Waals surface area contributed by atoms with E-state index in [-0.39, 0.29) is 6.04 Å². The van der Waals surface area contributed by atoms with E-state index in [9.17, 15) is 0 Å². The van der Waals surface area contributed by atoms with Crippen LogP contribution in [0, 0.1) is 6.92 Å². The molecule has 0 bridgehead atoms. The van der Waals surface area contributed by atoms with Crippen molar-refractivity contribution in [2.45, 2.75) is 43.4 Å². The predicted molar refractivity (Wildman–Crippen MR) is 84.7 cm³/mol. The minimum absolute atomic E-state index is 0.200. The number of hydrogen-bond donors (Lipinski definition) is 1. The van der Waals surface area contributed by atoms with E-state index in [0.29, 0.717) is 0 Å². The summed E-state index contributed by atoms with van der Waals surface area (Å²) in [6.07, 6.45) is 5.62. The molecule has 106 valence electrons. The standard InChI is InChI=1S/C16H21N3S/c1-3-14(17)8-13-9-18-16(19-10-13)11-20-15-7-5-4-6-12(15)2/h4-7,9-10,14H,3,8,11,17H2,1-2H3. The lowest BCUT2D eigenvalue weighted by atomic mass is 10.1. The molecule has 2 N–H and O–H groups in total. The van der Waals surface area contributed by atoms with Gasteiger partial charge in [-0.1, -0.05) is 25.1 Å². The molecule has 2 rings (SSSR count). The summed E-state index contributed by atoms with van der Waals surface area (Å²) in [7, 11) is 0. The summed E-state index contributed by atoms with van der Waals surface area (Å²) in [6, 6.07) is 8.57. The van der Waals surface area contributed by atoms with E-state index in [1.807, 2.05) is 12.4 Å². The average molecular weight is 287 g/mol. The summed E-state index contributed by atoms with van der Waals surface area (Å²) in [5.41, 5.74) is 8.34. The second kappa shape index (κ2) is 7.41. The van der Waals surface area contributed by atoms with Gasteiger partial charge in [-0.25, -0.2) is 9.97 Å². The van der Waals surface area contributed by atoms with Crippen molar-refractivity contribution in [3.63, 3.8) is 0 Å². The molecule has 1 unspecified atom stereocenters. The topological polar surface area (TPSA) is 51.8 Å². The van der Waals surface area contributed by atoms with Gasteiger partial charge in [0.25, 0.3) is 0 Å². The number of nitrogens with two attached hydrogens (primary N) is 1. The Hall–Kier alpha value is -1.39. The molecule has 20 heavy (non-hydrogen) atoms. The molecule has 0 saturated heterocycles. The van der Waals surface area contributed by atoms with E-state index in [0.717, 1.165) is 30.0 Å². The van der Waals surface area contributed by atoms with Crippen LogP contribution in [0.2, 0.25) is 0 Å². The fraction of sp³-hybridized carbons (Fsp3) is 0.375. The molecule has 0 aliphatic heterocycles. The highest BCUT2D eigenvalue weighted by molar-refractivity contribution is 7.98. The number of nitrogens with zero attached hydrogens (tertiary/aromatic N) is 2. The van der Waals surface area contributed by atoms with Crippen LogP contribution in [0.15, 0.2) is 41.6 Å². The maximum absolute atomic E-state index is 5.93. The van der Waals surface area contributed by atoms with Gasteiger partial charge in [0.15, 0.2) is 0 Å². The molecule has 3 nitrogen and oxygen atoms in total. The third-order valence-corrected chi connectivity index (χ3v) is 4.40. The third kappa shape index (κ3) is 4.32. The minimum atomic E-state index is 0.200. The molecular formula is C16H21N3S. The number of rotatable bonds is 6. The fourth-order valence-corrected chi connectivity index (χ4v) is 2.77. The van der Waals surface area contributed by atoms with Crippen molar-refractivity contribution >= 4 is 11.8 Å². The van der Waals surface area contributed by atoms with Gasteiger partial charge >= 0.3 is 0 Å². The van der Waals surface area contributed by atoms with Crippen LogP contribution >= 0.6 is 11.8 Å². The maximum Gasteiger partial charge on any atom is 0.138 e. The molecule has 0 aliphatic carbocycles. The lowest BCUT2D eigenvalue weighted by Crippen LogP contribution is -2.21. The zero-order valence-electron chi connectivity index (χ0n) is 12.0. The van der Waals surface area contributed by atoms with E-state index in [4.69, 9.17) is 5.73 Å². The Labute approximate surface area is 125 Å². The smallest absolute Gasteiger partial charge is 0.138 e. The summed E-state index contributed by atoms with van der Waals surface area (Å²) in [5.74, 6) is 1.66. The normalized spacial score (nSPS) is 12.3. The number of hydrogen-bond acceptors (Lipinski definition) is 4. The molecule has 0 aliphatic rings. The number of aryl methyl sites for hydroxylation is 1. The molecule has 0 fully saturated rings. The second-order valence-electron chi connectivity index (χ2n) is 4.93. The molecule has 0 saturated carbocycles. The minimum Gasteiger partial charge on any atom is -0.327 e. The van der Waals surface area contributed by atoms with Gasteiger partial charge in [0.1, 0.15) is 5.82 Å². The Morgan fingerprint density at radius 1 is 1.20 bits per heavy atom. The fourth-order valence-electron chi connectivity index (χ4n) is 1.87. The van der Waals surface area contributed by atoms with Gasteiger partial charge in [0.05, 0.1) is 5.75 Å². The van der Waals surface area contributed by atoms with Gasteiger partial charge in [-0.05, 0) is 37.0 Å². The lowest BCUT2D eigenvalue weighted by molar-refractivity contribution is 0.642. The molecule has 0 radical (unpaired) electrons. The second-order valence-corrected chi connectivity index (χ2v) is 5.95. The molecule has 0 spiro atoms. The first-order valence-corrected chi connectivity index (χ1v) is 7.91. The van der Waals surface area contributed by atoms with Gasteiger partial charge in [-0.15, -0.1) is 11.8 Å². The summed E-state index contributed by atoms with van der Waals surface area (Å²) in [6.45, 7) is 4.22. The van der Waals surface area contributed by atoms with Crippen molar-refractivity contribution in [2.24, 2.45) is 5.73 Å². The van der Waals surface area contributed by atoms with Crippen LogP contribution in [-0.4, -0.2) is 16.0 Å². The lowest BCUT2D eigenvalue weighted by Gasteiger charge is -2.08. The van der Waals surface area contributed by atoms with Crippen molar-refractivity contribution in [3.05, 3.63) is 53.6 Å². The summed E-state index contributed by atoms with van der Waals surface area (Å²) in [5, 5.41) is 0. The first-order valence-electron chi connectivity index (χ1n) is 6.93. The highest BCUT2D eigenvalue weighted by Crippen LogP contribution is 2.24. The molecular weight excluding hydrogens is 266 g/mol. The highest BCUT2D eigenvalue weighted by atomic mass is 32.2. The van der Waals surface area contributed by atoms with Crippen LogP contribution in [0.25, 0.3) is 0 Å². The quantitative estimate of drug-likeness (QED) is 0.828. The molecule has 1 aromatic carbocycles. The maximum atomic E-state index is 5.93. The first-order chi connectivity index (χ1) is 9.69. The Morgan fingerprint density at radius 2 is 1.90 bits per heavy atom. The highest BCUT2D eigenvalue weighted by Gasteiger charge is 2.04. The van der Waals surface area contributed by atoms with Gasteiger partial charge in [-0.2, -0.15) is 0 Å². The Morgan fingerprint density at radius 3 is 2.55 bits per heavy atom. The van der Waals surface area contributed by atoms with Crippen molar-refractivity contribution < 1.29 is 0 Å². The Kier molecular flexibility index (Phi) is 5.56. The van der Waals surface area contributed by atoms with Gasteiger partial charge in [0, 0.05) is 23.3 Å². The van der Waals surface area contributed by atoms with Gasteiger partial charge < -0.3 is 5.73 Å². The zero-order chi connectivity index (χ0) is 14.4. The molecule has 4 heteroatoms. The Bertz CT molecular complexity index is 540.